The first-order valence-corrected chi connectivity index (χ1v) is 1.24. The highest BCUT2D eigenvalue weighted by atomic mass is 27.0. The fourth-order valence-electron chi connectivity index (χ4n) is 0. The number of hydrogen-bond donors (Lipinski definition) is 1. The lowest BCUT2D eigenvalue weighted by Crippen LogP contribution is -2.21. The van der Waals surface area contributed by atoms with E-state index in [1.807, 2.05) is 0 Å². The standard InChI is InChI=1S/C2HF3O2.Al/c3-2(4,5)1(6)7;/h(H,6,7);. The average molecular weight is 141 g/mol. The molecule has 0 fully saturated rings. The number of alkyl halides is 3. The van der Waals surface area contributed by atoms with E-state index in [0.717, 1.165) is 0 Å². The van der Waals surface area contributed by atoms with E-state index in [-0.39, 0.29) is 17.4 Å². The Kier molecular flexibility index (Phi) is 3.95. The molecular formula is C2HAlF3O2. The molecule has 0 aliphatic carbocycles. The molecule has 0 atom stereocenters. The summed E-state index contributed by atoms with van der Waals surface area (Å²) >= 11 is 0. The van der Waals surface area contributed by atoms with Gasteiger partial charge in [0.15, 0.2) is 0 Å². The number of hydrogen-bond acceptors (Lipinski definition) is 1. The molecule has 0 saturated heterocycles. The van der Waals surface area contributed by atoms with Crippen LogP contribution in [0.15, 0.2) is 0 Å². The molecule has 0 aliphatic rings. The Morgan fingerprint density at radius 1 is 1.38 bits per heavy atom. The molecule has 3 radical (unpaired) electrons. The second kappa shape index (κ2) is 2.95. The summed E-state index contributed by atoms with van der Waals surface area (Å²) in [4.78, 5) is 8.90. The zero-order chi connectivity index (χ0) is 6.08. The van der Waals surface area contributed by atoms with Crippen LogP contribution in [0.4, 0.5) is 13.2 Å². The molecular weight excluding hydrogens is 140 g/mol. The van der Waals surface area contributed by atoms with Crippen molar-refractivity contribution in [3.63, 3.8) is 0 Å². The van der Waals surface area contributed by atoms with Gasteiger partial charge in [-0.05, 0) is 0 Å². The molecule has 0 amide bonds. The summed E-state index contributed by atoms with van der Waals surface area (Å²) < 4.78 is 31.7. The van der Waals surface area contributed by atoms with E-state index < -0.39 is 12.1 Å². The fraction of sp³-hybridized carbons (Fsp3) is 0.500. The Morgan fingerprint density at radius 3 is 1.50 bits per heavy atom. The SMILES string of the molecule is O=C(O)C(F)(F)F.[Al]. The summed E-state index contributed by atoms with van der Waals surface area (Å²) in [6.07, 6.45) is -5.08. The van der Waals surface area contributed by atoms with Crippen molar-refractivity contribution >= 4 is 23.3 Å². The van der Waals surface area contributed by atoms with Crippen LogP contribution in [0.5, 0.6) is 0 Å². The van der Waals surface area contributed by atoms with Crippen molar-refractivity contribution < 1.29 is 23.1 Å². The molecule has 2 nitrogen and oxygen atoms in total. The third kappa shape index (κ3) is 3.97. The lowest BCUT2D eigenvalue weighted by atomic mass is 10.7. The summed E-state index contributed by atoms with van der Waals surface area (Å²) in [5, 5.41) is 7.12. The Morgan fingerprint density at radius 2 is 1.50 bits per heavy atom. The van der Waals surface area contributed by atoms with Gasteiger partial charge < -0.3 is 5.11 Å². The van der Waals surface area contributed by atoms with Crippen LogP contribution in [0.1, 0.15) is 0 Å². The minimum Gasteiger partial charge on any atom is -0.475 e. The van der Waals surface area contributed by atoms with Crippen molar-refractivity contribution in [2.24, 2.45) is 0 Å². The molecule has 6 heteroatoms. The topological polar surface area (TPSA) is 37.3 Å². The van der Waals surface area contributed by atoms with E-state index in [4.69, 9.17) is 9.90 Å². The number of halogens is 3. The molecule has 0 aliphatic heterocycles. The molecule has 0 saturated carbocycles. The van der Waals surface area contributed by atoms with Crippen molar-refractivity contribution in [2.75, 3.05) is 0 Å². The zero-order valence-corrected chi connectivity index (χ0v) is 4.72. The highest BCUT2D eigenvalue weighted by Crippen LogP contribution is 2.13. The molecule has 0 aromatic heterocycles. The number of carboxylic acid groups (broad SMARTS) is 1. The summed E-state index contributed by atoms with van der Waals surface area (Å²) in [6, 6.07) is 0. The second-order valence-corrected chi connectivity index (χ2v) is 0.803. The van der Waals surface area contributed by atoms with E-state index in [0.29, 0.717) is 0 Å². The Hall–Kier alpha value is -0.208. The fourth-order valence-corrected chi connectivity index (χ4v) is 0. The highest BCUT2D eigenvalue weighted by molar-refractivity contribution is 5.75. The molecule has 0 aromatic rings. The smallest absolute Gasteiger partial charge is 0.475 e. The minimum absolute atomic E-state index is 0. The lowest BCUT2D eigenvalue weighted by Gasteiger charge is -1.93. The van der Waals surface area contributed by atoms with E-state index >= 15 is 0 Å². The number of carbonyl (C=O) groups is 1. The van der Waals surface area contributed by atoms with E-state index in [1.165, 1.54) is 0 Å². The molecule has 0 heterocycles. The van der Waals surface area contributed by atoms with Gasteiger partial charge in [0, 0.05) is 17.4 Å². The molecule has 0 spiro atoms. The van der Waals surface area contributed by atoms with Crippen molar-refractivity contribution in [1.29, 1.82) is 0 Å². The predicted octanol–water partition coefficient (Wildman–Crippen LogP) is 0.253. The van der Waals surface area contributed by atoms with Crippen LogP contribution >= 0.6 is 0 Å². The van der Waals surface area contributed by atoms with Crippen LogP contribution in [-0.4, -0.2) is 34.6 Å². The van der Waals surface area contributed by atoms with Gasteiger partial charge in [0.05, 0.1) is 0 Å². The third-order valence-electron chi connectivity index (χ3n) is 0.243. The Bertz CT molecular complexity index is 87.8. The van der Waals surface area contributed by atoms with Gasteiger partial charge in [-0.2, -0.15) is 13.2 Å². The van der Waals surface area contributed by atoms with Gasteiger partial charge in [0.25, 0.3) is 0 Å². The van der Waals surface area contributed by atoms with Gasteiger partial charge in [-0.3, -0.25) is 0 Å². The van der Waals surface area contributed by atoms with Crippen LogP contribution in [0.25, 0.3) is 0 Å². The summed E-state index contributed by atoms with van der Waals surface area (Å²) in [5.41, 5.74) is 0. The van der Waals surface area contributed by atoms with Gasteiger partial charge in [-0.25, -0.2) is 4.79 Å². The molecule has 0 aromatic carbocycles. The average Bonchev–Trinajstić information content (AvgIpc) is 1.31. The van der Waals surface area contributed by atoms with Crippen LogP contribution in [-0.2, 0) is 4.79 Å². The third-order valence-corrected chi connectivity index (χ3v) is 0.243. The maximum absolute atomic E-state index is 10.6. The van der Waals surface area contributed by atoms with E-state index in [9.17, 15) is 13.2 Å². The monoisotopic (exact) mass is 141 g/mol. The number of aliphatic carboxylic acids is 1. The van der Waals surface area contributed by atoms with E-state index in [1.54, 1.807) is 0 Å². The number of rotatable bonds is 0. The van der Waals surface area contributed by atoms with Crippen LogP contribution < -0.4 is 0 Å². The van der Waals surface area contributed by atoms with Crippen molar-refractivity contribution in [2.45, 2.75) is 6.18 Å². The Balaban J connectivity index is 0. The van der Waals surface area contributed by atoms with Crippen molar-refractivity contribution in [3.05, 3.63) is 0 Å². The normalized spacial score (nSPS) is 9.88. The summed E-state index contributed by atoms with van der Waals surface area (Å²) in [7, 11) is 0. The highest BCUT2D eigenvalue weighted by Gasteiger charge is 2.38. The lowest BCUT2D eigenvalue weighted by molar-refractivity contribution is -0.192. The van der Waals surface area contributed by atoms with Gasteiger partial charge in [0.2, 0.25) is 0 Å². The first-order valence-electron chi connectivity index (χ1n) is 1.24. The van der Waals surface area contributed by atoms with Crippen molar-refractivity contribution in [3.8, 4) is 0 Å². The molecule has 8 heavy (non-hydrogen) atoms. The summed E-state index contributed by atoms with van der Waals surface area (Å²) in [5.74, 6) is -2.76. The maximum Gasteiger partial charge on any atom is 0.490 e. The van der Waals surface area contributed by atoms with Crippen molar-refractivity contribution in [1.82, 2.24) is 0 Å². The summed E-state index contributed by atoms with van der Waals surface area (Å²) in [6.45, 7) is 0. The van der Waals surface area contributed by atoms with Gasteiger partial charge >= 0.3 is 12.1 Å². The van der Waals surface area contributed by atoms with Gasteiger partial charge in [-0.15, -0.1) is 0 Å². The van der Waals surface area contributed by atoms with Gasteiger partial charge in [0.1, 0.15) is 0 Å². The second-order valence-electron chi connectivity index (χ2n) is 0.803. The first kappa shape index (κ1) is 10.7. The number of carboxylic acids is 1. The quantitative estimate of drug-likeness (QED) is 0.491. The first-order chi connectivity index (χ1) is 2.94. The molecule has 45 valence electrons. The molecule has 0 unspecified atom stereocenters. The molecule has 0 rings (SSSR count). The Labute approximate surface area is 53.4 Å². The molecule has 1 N–H and O–H groups in total. The van der Waals surface area contributed by atoms with Crippen LogP contribution in [0.3, 0.4) is 0 Å². The van der Waals surface area contributed by atoms with E-state index in [2.05, 4.69) is 0 Å². The maximum atomic E-state index is 10.6. The predicted molar refractivity (Wildman–Crippen MR) is 19.4 cm³/mol. The van der Waals surface area contributed by atoms with Crippen LogP contribution in [0, 0.1) is 0 Å². The van der Waals surface area contributed by atoms with Crippen LogP contribution in [0.2, 0.25) is 0 Å². The largest absolute Gasteiger partial charge is 0.490 e. The van der Waals surface area contributed by atoms with Gasteiger partial charge in [-0.1, -0.05) is 0 Å². The minimum atomic E-state index is -5.08. The zero-order valence-electron chi connectivity index (χ0n) is 3.57. The molecule has 0 bridgehead atoms.